The maximum absolute atomic E-state index is 11.9. The maximum atomic E-state index is 11.9. The summed E-state index contributed by atoms with van der Waals surface area (Å²) in [5, 5.41) is 9.56. The molecule has 2 heterocycles. The summed E-state index contributed by atoms with van der Waals surface area (Å²) in [5.74, 6) is 0. The Balaban J connectivity index is 1.81. The summed E-state index contributed by atoms with van der Waals surface area (Å²) in [6, 6.07) is -0.212. The SMILES string of the molecule is Cc1cscc1NC(=O)NC1CCN(S(C)(=O)=O)CC1. The predicted octanol–water partition coefficient (Wildman–Crippen LogP) is 1.60. The van der Waals surface area contributed by atoms with Gasteiger partial charge in [-0.1, -0.05) is 0 Å². The number of carbonyl (C=O) groups is 1. The Morgan fingerprint density at radius 2 is 2.00 bits per heavy atom. The van der Waals surface area contributed by atoms with Crippen molar-refractivity contribution in [1.82, 2.24) is 9.62 Å². The van der Waals surface area contributed by atoms with E-state index in [1.165, 1.54) is 10.6 Å². The lowest BCUT2D eigenvalue weighted by Crippen LogP contribution is -2.47. The molecule has 0 atom stereocenters. The van der Waals surface area contributed by atoms with E-state index in [1.54, 1.807) is 11.3 Å². The number of rotatable bonds is 3. The standard InChI is InChI=1S/C12H19N3O3S2/c1-9-7-19-8-11(9)14-12(16)13-10-3-5-15(6-4-10)20(2,17)18/h7-8,10H,3-6H2,1-2H3,(H2,13,14,16). The van der Waals surface area contributed by atoms with Crippen molar-refractivity contribution in [1.29, 1.82) is 0 Å². The van der Waals surface area contributed by atoms with Crippen LogP contribution in [0.1, 0.15) is 18.4 Å². The molecule has 1 aromatic heterocycles. The molecule has 1 saturated heterocycles. The van der Waals surface area contributed by atoms with Gasteiger partial charge in [-0.25, -0.2) is 17.5 Å². The van der Waals surface area contributed by atoms with E-state index in [0.29, 0.717) is 25.9 Å². The molecule has 20 heavy (non-hydrogen) atoms. The topological polar surface area (TPSA) is 78.5 Å². The number of nitrogens with one attached hydrogen (secondary N) is 2. The molecule has 0 spiro atoms. The van der Waals surface area contributed by atoms with Crippen LogP contribution in [0.2, 0.25) is 0 Å². The summed E-state index contributed by atoms with van der Waals surface area (Å²) in [6.45, 7) is 2.86. The molecule has 1 aliphatic rings. The van der Waals surface area contributed by atoms with Gasteiger partial charge in [0.15, 0.2) is 0 Å². The van der Waals surface area contributed by atoms with Gasteiger partial charge in [0.05, 0.1) is 11.9 Å². The van der Waals surface area contributed by atoms with Crippen LogP contribution in [0.3, 0.4) is 0 Å². The molecule has 0 bridgehead atoms. The number of carbonyl (C=O) groups excluding carboxylic acids is 1. The summed E-state index contributed by atoms with van der Waals surface area (Å²) < 4.78 is 24.2. The number of aryl methyl sites for hydroxylation is 1. The number of sulfonamides is 1. The fourth-order valence-electron chi connectivity index (χ4n) is 2.16. The summed E-state index contributed by atoms with van der Waals surface area (Å²) >= 11 is 1.54. The van der Waals surface area contributed by atoms with Crippen LogP contribution in [0, 0.1) is 6.92 Å². The molecule has 0 saturated carbocycles. The minimum Gasteiger partial charge on any atom is -0.335 e. The van der Waals surface area contributed by atoms with Crippen molar-refractivity contribution in [3.8, 4) is 0 Å². The van der Waals surface area contributed by atoms with Gasteiger partial charge in [0.25, 0.3) is 0 Å². The average molecular weight is 317 g/mol. The van der Waals surface area contributed by atoms with Crippen molar-refractivity contribution in [2.45, 2.75) is 25.8 Å². The van der Waals surface area contributed by atoms with Gasteiger partial charge in [0, 0.05) is 24.5 Å². The number of hydrogen-bond acceptors (Lipinski definition) is 4. The number of nitrogens with zero attached hydrogens (tertiary/aromatic N) is 1. The van der Waals surface area contributed by atoms with Crippen molar-refractivity contribution in [2.24, 2.45) is 0 Å². The van der Waals surface area contributed by atoms with Gasteiger partial charge in [-0.2, -0.15) is 0 Å². The number of hydrogen-bond donors (Lipinski definition) is 2. The molecule has 2 rings (SSSR count). The third-order valence-corrected chi connectivity index (χ3v) is 5.53. The average Bonchev–Trinajstić information content (AvgIpc) is 2.74. The van der Waals surface area contributed by atoms with Gasteiger partial charge in [-0.15, -0.1) is 11.3 Å². The molecule has 2 N–H and O–H groups in total. The number of thiophene rings is 1. The molecule has 2 amide bonds. The van der Waals surface area contributed by atoms with Crippen molar-refractivity contribution in [3.05, 3.63) is 16.3 Å². The monoisotopic (exact) mass is 317 g/mol. The largest absolute Gasteiger partial charge is 0.335 e. The smallest absolute Gasteiger partial charge is 0.319 e. The van der Waals surface area contributed by atoms with E-state index < -0.39 is 10.0 Å². The van der Waals surface area contributed by atoms with Crippen LogP contribution in [-0.4, -0.2) is 44.1 Å². The Morgan fingerprint density at radius 1 is 1.35 bits per heavy atom. The molecule has 1 fully saturated rings. The third kappa shape index (κ3) is 3.94. The highest BCUT2D eigenvalue weighted by Crippen LogP contribution is 2.19. The van der Waals surface area contributed by atoms with Crippen LogP contribution in [0.5, 0.6) is 0 Å². The summed E-state index contributed by atoms with van der Waals surface area (Å²) in [4.78, 5) is 11.9. The van der Waals surface area contributed by atoms with Crippen LogP contribution in [0.4, 0.5) is 10.5 Å². The Bertz CT molecular complexity index is 575. The first-order chi connectivity index (χ1) is 9.36. The van der Waals surface area contributed by atoms with E-state index in [4.69, 9.17) is 0 Å². The van der Waals surface area contributed by atoms with E-state index in [-0.39, 0.29) is 12.1 Å². The highest BCUT2D eigenvalue weighted by atomic mass is 32.2. The minimum absolute atomic E-state index is 0.0203. The van der Waals surface area contributed by atoms with E-state index in [0.717, 1.165) is 11.3 Å². The lowest BCUT2D eigenvalue weighted by atomic mass is 10.1. The summed E-state index contributed by atoms with van der Waals surface area (Å²) in [5.41, 5.74) is 1.86. The second kappa shape index (κ2) is 6.11. The normalized spacial score (nSPS) is 17.9. The Kier molecular flexibility index (Phi) is 4.66. The zero-order valence-corrected chi connectivity index (χ0v) is 13.2. The lowest BCUT2D eigenvalue weighted by molar-refractivity contribution is 0.238. The number of urea groups is 1. The highest BCUT2D eigenvalue weighted by molar-refractivity contribution is 7.88. The first kappa shape index (κ1) is 15.3. The molecular weight excluding hydrogens is 298 g/mol. The highest BCUT2D eigenvalue weighted by Gasteiger charge is 2.25. The zero-order chi connectivity index (χ0) is 14.8. The number of anilines is 1. The van der Waals surface area contributed by atoms with E-state index in [1.807, 2.05) is 17.7 Å². The Morgan fingerprint density at radius 3 is 2.50 bits per heavy atom. The van der Waals surface area contributed by atoms with Crippen LogP contribution in [0.15, 0.2) is 10.8 Å². The molecule has 1 aromatic rings. The quantitative estimate of drug-likeness (QED) is 0.889. The number of amides is 2. The maximum Gasteiger partial charge on any atom is 0.319 e. The lowest BCUT2D eigenvalue weighted by Gasteiger charge is -2.30. The second-order valence-electron chi connectivity index (χ2n) is 5.00. The van der Waals surface area contributed by atoms with Crippen LogP contribution in [-0.2, 0) is 10.0 Å². The van der Waals surface area contributed by atoms with Gasteiger partial charge < -0.3 is 10.6 Å². The van der Waals surface area contributed by atoms with Gasteiger partial charge >= 0.3 is 6.03 Å². The van der Waals surface area contributed by atoms with Gasteiger partial charge in [0.1, 0.15) is 0 Å². The fourth-order valence-corrected chi connectivity index (χ4v) is 3.82. The molecule has 112 valence electrons. The third-order valence-electron chi connectivity index (χ3n) is 3.36. The fraction of sp³-hybridized carbons (Fsp3) is 0.583. The van der Waals surface area contributed by atoms with Crippen LogP contribution in [0.25, 0.3) is 0 Å². The molecule has 1 aliphatic heterocycles. The first-order valence-corrected chi connectivity index (χ1v) is 9.21. The molecule has 0 aliphatic carbocycles. The van der Waals surface area contributed by atoms with Gasteiger partial charge in [-0.05, 0) is 30.7 Å². The van der Waals surface area contributed by atoms with E-state index in [9.17, 15) is 13.2 Å². The molecule has 8 heteroatoms. The molecule has 0 aromatic carbocycles. The Labute approximate surface area is 123 Å². The summed E-state index contributed by atoms with van der Waals surface area (Å²) in [6.07, 6.45) is 2.50. The van der Waals surface area contributed by atoms with Crippen molar-refractivity contribution < 1.29 is 13.2 Å². The van der Waals surface area contributed by atoms with E-state index >= 15 is 0 Å². The van der Waals surface area contributed by atoms with Gasteiger partial charge in [-0.3, -0.25) is 0 Å². The zero-order valence-electron chi connectivity index (χ0n) is 11.5. The summed E-state index contributed by atoms with van der Waals surface area (Å²) in [7, 11) is -3.12. The molecule has 0 unspecified atom stereocenters. The van der Waals surface area contributed by atoms with E-state index in [2.05, 4.69) is 10.6 Å². The molecular formula is C12H19N3O3S2. The van der Waals surface area contributed by atoms with Crippen LogP contribution < -0.4 is 10.6 Å². The van der Waals surface area contributed by atoms with Gasteiger partial charge in [0.2, 0.25) is 10.0 Å². The second-order valence-corrected chi connectivity index (χ2v) is 7.73. The van der Waals surface area contributed by atoms with Crippen LogP contribution >= 0.6 is 11.3 Å². The Hall–Kier alpha value is -1.12. The van der Waals surface area contributed by atoms with Crippen molar-refractivity contribution in [2.75, 3.05) is 24.7 Å². The predicted molar refractivity (Wildman–Crippen MR) is 80.6 cm³/mol. The first-order valence-electron chi connectivity index (χ1n) is 6.41. The number of piperidine rings is 1. The molecule has 6 nitrogen and oxygen atoms in total. The van der Waals surface area contributed by atoms with Crippen molar-refractivity contribution in [3.63, 3.8) is 0 Å². The minimum atomic E-state index is -3.12. The molecule has 0 radical (unpaired) electrons. The van der Waals surface area contributed by atoms with Crippen molar-refractivity contribution >= 4 is 33.1 Å².